The van der Waals surface area contributed by atoms with Crippen LogP contribution in [-0.2, 0) is 0 Å². The van der Waals surface area contributed by atoms with Crippen LogP contribution in [0.1, 0.15) is 44.5 Å². The van der Waals surface area contributed by atoms with Crippen molar-refractivity contribution in [3.8, 4) is 0 Å². The highest BCUT2D eigenvalue weighted by molar-refractivity contribution is 7.99. The van der Waals surface area contributed by atoms with E-state index in [0.717, 1.165) is 23.0 Å². The number of nitrogens with zero attached hydrogens (tertiary/aromatic N) is 2. The fraction of sp³-hybridized carbons (Fsp3) is 0.667. The van der Waals surface area contributed by atoms with Crippen LogP contribution >= 0.6 is 23.4 Å². The molecule has 1 unspecified atom stereocenters. The molecular formula is C12H19ClN2S. The Bertz CT molecular complexity index is 342. The smallest absolute Gasteiger partial charge is 0.188 e. The van der Waals surface area contributed by atoms with Crippen LogP contribution < -0.4 is 0 Å². The van der Waals surface area contributed by atoms with Crippen molar-refractivity contribution >= 4 is 23.4 Å². The van der Waals surface area contributed by atoms with E-state index in [1.807, 2.05) is 6.92 Å². The number of hydrogen-bond donors (Lipinski definition) is 0. The van der Waals surface area contributed by atoms with Gasteiger partial charge in [0.05, 0.1) is 0 Å². The zero-order chi connectivity index (χ0) is 12.1. The summed E-state index contributed by atoms with van der Waals surface area (Å²) in [4.78, 5) is 9.01. The van der Waals surface area contributed by atoms with Gasteiger partial charge < -0.3 is 0 Å². The van der Waals surface area contributed by atoms with Crippen molar-refractivity contribution in [2.75, 3.05) is 5.88 Å². The summed E-state index contributed by atoms with van der Waals surface area (Å²) in [6.07, 6.45) is 0.987. The van der Waals surface area contributed by atoms with Crippen LogP contribution in [0.25, 0.3) is 0 Å². The third-order valence-corrected chi connectivity index (χ3v) is 3.52. The van der Waals surface area contributed by atoms with Crippen molar-refractivity contribution in [2.45, 2.75) is 50.4 Å². The van der Waals surface area contributed by atoms with Gasteiger partial charge >= 0.3 is 0 Å². The lowest BCUT2D eigenvalue weighted by atomic mass is 10.1. The zero-order valence-electron chi connectivity index (χ0n) is 10.3. The van der Waals surface area contributed by atoms with Crippen LogP contribution in [0.3, 0.4) is 0 Å². The van der Waals surface area contributed by atoms with Crippen LogP contribution in [0.5, 0.6) is 0 Å². The first-order valence-electron chi connectivity index (χ1n) is 5.61. The highest BCUT2D eigenvalue weighted by Gasteiger charge is 2.09. The van der Waals surface area contributed by atoms with Crippen LogP contribution in [-0.4, -0.2) is 21.1 Å². The standard InChI is InChI=1S/C12H19ClN2S/c1-8(2)11-7-9(3)14-12(15-11)16-10(4)5-6-13/h7-8,10H,5-6H2,1-4H3. The van der Waals surface area contributed by atoms with Gasteiger partial charge in [-0.15, -0.1) is 11.6 Å². The molecule has 1 atom stereocenters. The van der Waals surface area contributed by atoms with E-state index in [4.69, 9.17) is 11.6 Å². The van der Waals surface area contributed by atoms with Crippen molar-refractivity contribution in [3.05, 3.63) is 17.5 Å². The van der Waals surface area contributed by atoms with Crippen LogP contribution in [0.2, 0.25) is 0 Å². The molecule has 0 amide bonds. The molecule has 0 aromatic carbocycles. The van der Waals surface area contributed by atoms with Crippen LogP contribution in [0.4, 0.5) is 0 Å². The number of aromatic nitrogens is 2. The molecule has 0 spiro atoms. The molecular weight excluding hydrogens is 240 g/mol. The minimum Gasteiger partial charge on any atom is -0.228 e. The van der Waals surface area contributed by atoms with E-state index < -0.39 is 0 Å². The van der Waals surface area contributed by atoms with E-state index in [9.17, 15) is 0 Å². The Morgan fingerprint density at radius 1 is 1.31 bits per heavy atom. The Morgan fingerprint density at radius 3 is 2.56 bits per heavy atom. The zero-order valence-corrected chi connectivity index (χ0v) is 11.9. The Balaban J connectivity index is 2.80. The number of hydrogen-bond acceptors (Lipinski definition) is 3. The van der Waals surface area contributed by atoms with Crippen molar-refractivity contribution in [1.82, 2.24) is 9.97 Å². The van der Waals surface area contributed by atoms with Gasteiger partial charge in [0.25, 0.3) is 0 Å². The van der Waals surface area contributed by atoms with E-state index in [1.54, 1.807) is 11.8 Å². The molecule has 0 radical (unpaired) electrons. The molecule has 0 bridgehead atoms. The van der Waals surface area contributed by atoms with Gasteiger partial charge in [-0.3, -0.25) is 0 Å². The number of halogens is 1. The molecule has 0 aliphatic carbocycles. The summed E-state index contributed by atoms with van der Waals surface area (Å²) < 4.78 is 0. The molecule has 0 saturated carbocycles. The maximum atomic E-state index is 5.72. The number of rotatable bonds is 5. The molecule has 0 N–H and O–H groups in total. The van der Waals surface area contributed by atoms with Crippen molar-refractivity contribution < 1.29 is 0 Å². The first kappa shape index (κ1) is 13.8. The van der Waals surface area contributed by atoms with E-state index >= 15 is 0 Å². The molecule has 0 saturated heterocycles. The fourth-order valence-corrected chi connectivity index (χ4v) is 2.71. The highest BCUT2D eigenvalue weighted by Crippen LogP contribution is 2.24. The topological polar surface area (TPSA) is 25.8 Å². The van der Waals surface area contributed by atoms with Crippen molar-refractivity contribution in [3.63, 3.8) is 0 Å². The summed E-state index contributed by atoms with van der Waals surface area (Å²) >= 11 is 7.43. The minimum absolute atomic E-state index is 0.449. The molecule has 0 aliphatic heterocycles. The first-order valence-corrected chi connectivity index (χ1v) is 7.02. The second-order valence-electron chi connectivity index (χ2n) is 4.28. The maximum absolute atomic E-state index is 5.72. The lowest BCUT2D eigenvalue weighted by Crippen LogP contribution is -2.03. The highest BCUT2D eigenvalue weighted by atomic mass is 35.5. The molecule has 0 fully saturated rings. The average Bonchev–Trinajstić information content (AvgIpc) is 2.16. The average molecular weight is 259 g/mol. The Morgan fingerprint density at radius 2 is 2.00 bits per heavy atom. The first-order chi connectivity index (χ1) is 7.52. The Kier molecular flexibility index (Phi) is 5.56. The molecule has 1 aromatic rings. The predicted octanol–water partition coefficient (Wildman–Crippen LogP) is 4.02. The molecule has 1 heterocycles. The van der Waals surface area contributed by atoms with Gasteiger partial charge in [-0.2, -0.15) is 0 Å². The van der Waals surface area contributed by atoms with E-state index in [0.29, 0.717) is 17.0 Å². The summed E-state index contributed by atoms with van der Waals surface area (Å²) in [5.41, 5.74) is 2.16. The lowest BCUT2D eigenvalue weighted by molar-refractivity contribution is 0.766. The lowest BCUT2D eigenvalue weighted by Gasteiger charge is -2.11. The molecule has 0 aliphatic rings. The molecule has 1 aromatic heterocycles. The molecule has 2 nitrogen and oxygen atoms in total. The SMILES string of the molecule is Cc1cc(C(C)C)nc(SC(C)CCCl)n1. The molecule has 1 rings (SSSR count). The maximum Gasteiger partial charge on any atom is 0.188 e. The van der Waals surface area contributed by atoms with Gasteiger partial charge in [-0.25, -0.2) is 9.97 Å². The third kappa shape index (κ3) is 4.30. The van der Waals surface area contributed by atoms with Crippen molar-refractivity contribution in [2.24, 2.45) is 0 Å². The third-order valence-electron chi connectivity index (χ3n) is 2.27. The van der Waals surface area contributed by atoms with Crippen molar-refractivity contribution in [1.29, 1.82) is 0 Å². The summed E-state index contributed by atoms with van der Waals surface area (Å²) in [5.74, 6) is 1.14. The molecule has 16 heavy (non-hydrogen) atoms. The minimum atomic E-state index is 0.449. The normalized spacial score (nSPS) is 13.1. The van der Waals surface area contributed by atoms with Gasteiger partial charge in [-0.1, -0.05) is 32.5 Å². The number of aryl methyl sites for hydroxylation is 1. The van der Waals surface area contributed by atoms with Gasteiger partial charge in [-0.05, 0) is 25.3 Å². The van der Waals surface area contributed by atoms with E-state index in [2.05, 4.69) is 36.8 Å². The van der Waals surface area contributed by atoms with Gasteiger partial charge in [0.2, 0.25) is 0 Å². The van der Waals surface area contributed by atoms with Crippen LogP contribution in [0, 0.1) is 6.92 Å². The summed E-state index contributed by atoms with van der Waals surface area (Å²) in [7, 11) is 0. The summed E-state index contributed by atoms with van der Waals surface area (Å²) in [5, 5.41) is 1.35. The number of alkyl halides is 1. The van der Waals surface area contributed by atoms with Gasteiger partial charge in [0.15, 0.2) is 5.16 Å². The monoisotopic (exact) mass is 258 g/mol. The summed E-state index contributed by atoms with van der Waals surface area (Å²) in [6.45, 7) is 8.48. The van der Waals surface area contributed by atoms with E-state index in [1.165, 1.54) is 0 Å². The van der Waals surface area contributed by atoms with E-state index in [-0.39, 0.29) is 0 Å². The largest absolute Gasteiger partial charge is 0.228 e. The summed E-state index contributed by atoms with van der Waals surface area (Å²) in [6, 6.07) is 2.06. The predicted molar refractivity (Wildman–Crippen MR) is 71.5 cm³/mol. The Hall–Kier alpha value is -0.280. The second-order valence-corrected chi connectivity index (χ2v) is 6.06. The Labute approximate surface area is 107 Å². The van der Waals surface area contributed by atoms with Crippen LogP contribution in [0.15, 0.2) is 11.2 Å². The quantitative estimate of drug-likeness (QED) is 0.453. The fourth-order valence-electron chi connectivity index (χ4n) is 1.31. The van der Waals surface area contributed by atoms with Gasteiger partial charge in [0, 0.05) is 22.5 Å². The second kappa shape index (κ2) is 6.45. The molecule has 90 valence electrons. The number of thioether (sulfide) groups is 1. The molecule has 4 heteroatoms. The van der Waals surface area contributed by atoms with Gasteiger partial charge in [0.1, 0.15) is 0 Å².